The van der Waals surface area contributed by atoms with Crippen molar-refractivity contribution in [1.82, 2.24) is 10.2 Å². The summed E-state index contributed by atoms with van der Waals surface area (Å²) in [6, 6.07) is 15.0. The molecule has 0 spiro atoms. The van der Waals surface area contributed by atoms with Crippen molar-refractivity contribution in [3.05, 3.63) is 71.0 Å². The van der Waals surface area contributed by atoms with Crippen LogP contribution in [-0.2, 0) is 17.8 Å². The molecule has 1 atom stereocenters. The maximum Gasteiger partial charge on any atom is 0.234 e. The summed E-state index contributed by atoms with van der Waals surface area (Å²) in [4.78, 5) is 14.3. The predicted molar refractivity (Wildman–Crippen MR) is 93.0 cm³/mol. The van der Waals surface area contributed by atoms with Crippen molar-refractivity contribution in [2.75, 3.05) is 13.6 Å². The van der Waals surface area contributed by atoms with Gasteiger partial charge in [0.15, 0.2) is 0 Å². The lowest BCUT2D eigenvalue weighted by atomic mass is 9.87. The van der Waals surface area contributed by atoms with Crippen molar-refractivity contribution in [2.45, 2.75) is 31.8 Å². The number of fused-ring (bicyclic) bond motifs is 1. The number of benzene rings is 2. The van der Waals surface area contributed by atoms with Crippen LogP contribution in [-0.4, -0.2) is 24.4 Å². The van der Waals surface area contributed by atoms with Crippen LogP contribution in [0.5, 0.6) is 0 Å². The second-order valence-corrected chi connectivity index (χ2v) is 6.43. The van der Waals surface area contributed by atoms with Gasteiger partial charge in [0.25, 0.3) is 0 Å². The fourth-order valence-electron chi connectivity index (χ4n) is 3.38. The highest BCUT2D eigenvalue weighted by Crippen LogP contribution is 2.33. The summed E-state index contributed by atoms with van der Waals surface area (Å²) < 4.78 is 12.9. The van der Waals surface area contributed by atoms with Crippen LogP contribution in [0.3, 0.4) is 0 Å². The molecule has 24 heavy (non-hydrogen) atoms. The molecule has 1 amide bonds. The number of nitrogens with one attached hydrogen (secondary N) is 1. The van der Waals surface area contributed by atoms with E-state index in [0.717, 1.165) is 24.8 Å². The van der Waals surface area contributed by atoms with Gasteiger partial charge in [0.05, 0.1) is 6.54 Å². The van der Waals surface area contributed by atoms with Crippen LogP contribution >= 0.6 is 0 Å². The average Bonchev–Trinajstić information content (AvgIpc) is 2.60. The Balaban J connectivity index is 1.56. The first kappa shape index (κ1) is 16.7. The van der Waals surface area contributed by atoms with Crippen LogP contribution in [0.15, 0.2) is 48.5 Å². The maximum atomic E-state index is 12.9. The Bertz CT molecular complexity index is 699. The van der Waals surface area contributed by atoms with Gasteiger partial charge < -0.3 is 5.32 Å². The van der Waals surface area contributed by atoms with Gasteiger partial charge in [-0.1, -0.05) is 36.4 Å². The molecule has 0 radical (unpaired) electrons. The van der Waals surface area contributed by atoms with Crippen molar-refractivity contribution >= 4 is 5.91 Å². The van der Waals surface area contributed by atoms with Gasteiger partial charge in [-0.3, -0.25) is 9.69 Å². The number of carbonyl (C=O) groups excluding carboxylic acids is 1. The zero-order chi connectivity index (χ0) is 16.9. The van der Waals surface area contributed by atoms with Crippen LogP contribution in [0.2, 0.25) is 0 Å². The second kappa shape index (κ2) is 7.58. The third-order valence-electron chi connectivity index (χ3n) is 4.67. The zero-order valence-electron chi connectivity index (χ0n) is 14.0. The minimum absolute atomic E-state index is 0.00937. The van der Waals surface area contributed by atoms with E-state index in [4.69, 9.17) is 0 Å². The fraction of sp³-hybridized carbons (Fsp3) is 0.350. The van der Waals surface area contributed by atoms with Gasteiger partial charge in [-0.15, -0.1) is 0 Å². The molecule has 0 saturated heterocycles. The average molecular weight is 326 g/mol. The number of hydrogen-bond acceptors (Lipinski definition) is 2. The quantitative estimate of drug-likeness (QED) is 0.913. The van der Waals surface area contributed by atoms with Crippen LogP contribution in [0.25, 0.3) is 0 Å². The standard InChI is InChI=1S/C20H23FN2O/c1-23(19-8-4-6-16-5-2-3-7-18(16)19)14-20(24)22-13-15-9-11-17(21)12-10-15/h2-3,5,7,9-12,19H,4,6,8,13-14H2,1H3,(H,22,24)/t19-/m0/s1. The normalized spacial score (nSPS) is 16.7. The Hall–Kier alpha value is -2.20. The molecule has 3 rings (SSSR count). The van der Waals surface area contributed by atoms with E-state index in [1.807, 2.05) is 7.05 Å². The molecular formula is C20H23FN2O. The Morgan fingerprint density at radius 3 is 2.75 bits per heavy atom. The fourth-order valence-corrected chi connectivity index (χ4v) is 3.38. The number of likely N-dealkylation sites (N-methyl/N-ethyl adjacent to an activating group) is 1. The van der Waals surface area contributed by atoms with E-state index in [2.05, 4.69) is 34.5 Å². The third kappa shape index (κ3) is 4.01. The van der Waals surface area contributed by atoms with Crippen molar-refractivity contribution in [1.29, 1.82) is 0 Å². The third-order valence-corrected chi connectivity index (χ3v) is 4.67. The van der Waals surface area contributed by atoms with E-state index in [1.165, 1.54) is 23.3 Å². The van der Waals surface area contributed by atoms with Gasteiger partial charge in [-0.25, -0.2) is 4.39 Å². The molecule has 0 saturated carbocycles. The van der Waals surface area contributed by atoms with Crippen molar-refractivity contribution in [3.63, 3.8) is 0 Å². The highest BCUT2D eigenvalue weighted by molar-refractivity contribution is 5.78. The van der Waals surface area contributed by atoms with E-state index in [1.54, 1.807) is 12.1 Å². The van der Waals surface area contributed by atoms with E-state index in [0.29, 0.717) is 19.1 Å². The van der Waals surface area contributed by atoms with Crippen molar-refractivity contribution in [2.24, 2.45) is 0 Å². The number of rotatable bonds is 5. The van der Waals surface area contributed by atoms with E-state index < -0.39 is 0 Å². The molecule has 1 aliphatic rings. The first-order chi connectivity index (χ1) is 11.6. The molecule has 2 aromatic rings. The molecule has 126 valence electrons. The molecule has 0 aromatic heterocycles. The summed E-state index contributed by atoms with van der Waals surface area (Å²) in [5.74, 6) is -0.273. The topological polar surface area (TPSA) is 32.3 Å². The minimum Gasteiger partial charge on any atom is -0.351 e. The summed E-state index contributed by atoms with van der Waals surface area (Å²) in [6.07, 6.45) is 3.36. The number of hydrogen-bond donors (Lipinski definition) is 1. The van der Waals surface area contributed by atoms with Gasteiger partial charge in [0.1, 0.15) is 5.82 Å². The molecule has 0 unspecified atom stereocenters. The molecule has 4 heteroatoms. The van der Waals surface area contributed by atoms with Gasteiger partial charge in [-0.05, 0) is 55.1 Å². The molecule has 0 heterocycles. The number of carbonyl (C=O) groups is 1. The van der Waals surface area contributed by atoms with Crippen molar-refractivity contribution in [3.8, 4) is 0 Å². The number of nitrogens with zero attached hydrogens (tertiary/aromatic N) is 1. The summed E-state index contributed by atoms with van der Waals surface area (Å²) in [5, 5.41) is 2.91. The number of amides is 1. The molecule has 0 aliphatic heterocycles. The van der Waals surface area contributed by atoms with E-state index in [-0.39, 0.29) is 11.7 Å². The number of halogens is 1. The Labute approximate surface area is 142 Å². The largest absolute Gasteiger partial charge is 0.351 e. The monoisotopic (exact) mass is 326 g/mol. The van der Waals surface area contributed by atoms with Gasteiger partial charge >= 0.3 is 0 Å². The summed E-state index contributed by atoms with van der Waals surface area (Å²) >= 11 is 0. The van der Waals surface area contributed by atoms with Crippen LogP contribution < -0.4 is 5.32 Å². The molecular weight excluding hydrogens is 303 g/mol. The SMILES string of the molecule is CN(CC(=O)NCc1ccc(F)cc1)[C@H]1CCCc2ccccc21. The van der Waals surface area contributed by atoms with Gasteiger partial charge in [-0.2, -0.15) is 0 Å². The van der Waals surface area contributed by atoms with Crippen LogP contribution in [0.4, 0.5) is 4.39 Å². The van der Waals surface area contributed by atoms with Crippen molar-refractivity contribution < 1.29 is 9.18 Å². The highest BCUT2D eigenvalue weighted by Gasteiger charge is 2.24. The molecule has 0 fully saturated rings. The summed E-state index contributed by atoms with van der Waals surface area (Å²) in [7, 11) is 2.00. The van der Waals surface area contributed by atoms with Gasteiger partial charge in [0, 0.05) is 12.6 Å². The first-order valence-corrected chi connectivity index (χ1v) is 8.42. The summed E-state index contributed by atoms with van der Waals surface area (Å²) in [6.45, 7) is 0.786. The van der Waals surface area contributed by atoms with Crippen LogP contribution in [0.1, 0.15) is 35.6 Å². The van der Waals surface area contributed by atoms with E-state index in [9.17, 15) is 9.18 Å². The number of aryl methyl sites for hydroxylation is 1. The minimum atomic E-state index is -0.263. The lowest BCUT2D eigenvalue weighted by Gasteiger charge is -2.32. The first-order valence-electron chi connectivity index (χ1n) is 8.42. The molecule has 2 aromatic carbocycles. The molecule has 1 N–H and O–H groups in total. The Morgan fingerprint density at radius 2 is 1.96 bits per heavy atom. The summed E-state index contributed by atoms with van der Waals surface area (Å²) in [5.41, 5.74) is 3.64. The van der Waals surface area contributed by atoms with E-state index >= 15 is 0 Å². The van der Waals surface area contributed by atoms with Gasteiger partial charge in [0.2, 0.25) is 5.91 Å². The Kier molecular flexibility index (Phi) is 5.26. The van der Waals surface area contributed by atoms with Crippen LogP contribution in [0, 0.1) is 5.82 Å². The predicted octanol–water partition coefficient (Wildman–Crippen LogP) is 3.45. The second-order valence-electron chi connectivity index (χ2n) is 6.43. The molecule has 0 bridgehead atoms. The lowest BCUT2D eigenvalue weighted by molar-refractivity contribution is -0.122. The maximum absolute atomic E-state index is 12.9. The highest BCUT2D eigenvalue weighted by atomic mass is 19.1. The molecule has 3 nitrogen and oxygen atoms in total. The smallest absolute Gasteiger partial charge is 0.234 e. The Morgan fingerprint density at radius 1 is 1.21 bits per heavy atom. The molecule has 1 aliphatic carbocycles. The zero-order valence-corrected chi connectivity index (χ0v) is 14.0. The lowest BCUT2D eigenvalue weighted by Crippen LogP contribution is -2.37.